The molecule has 1 N–H and O–H groups in total. The van der Waals surface area contributed by atoms with Gasteiger partial charge in [-0.3, -0.25) is 4.79 Å². The highest BCUT2D eigenvalue weighted by Crippen LogP contribution is 2.20. The van der Waals surface area contributed by atoms with Crippen LogP contribution in [0.2, 0.25) is 0 Å². The Labute approximate surface area is 128 Å². The number of aryl methyl sites for hydroxylation is 1. The molecule has 1 aromatic rings. The van der Waals surface area contributed by atoms with Crippen LogP contribution in [0.1, 0.15) is 25.0 Å². The molecule has 2 rings (SSSR count). The van der Waals surface area contributed by atoms with Crippen molar-refractivity contribution >= 4 is 18.3 Å². The third kappa shape index (κ3) is 3.74. The lowest BCUT2D eigenvalue weighted by Crippen LogP contribution is -2.50. The van der Waals surface area contributed by atoms with Gasteiger partial charge in [-0.25, -0.2) is 0 Å². The van der Waals surface area contributed by atoms with Crippen LogP contribution < -0.4 is 5.32 Å². The van der Waals surface area contributed by atoms with Gasteiger partial charge in [-0.2, -0.15) is 0 Å². The van der Waals surface area contributed by atoms with Crippen molar-refractivity contribution < 1.29 is 4.79 Å². The first-order valence-electron chi connectivity index (χ1n) is 7.17. The van der Waals surface area contributed by atoms with Crippen molar-refractivity contribution in [3.8, 4) is 0 Å². The van der Waals surface area contributed by atoms with Gasteiger partial charge in [0.05, 0.1) is 0 Å². The highest BCUT2D eigenvalue weighted by atomic mass is 35.5. The monoisotopic (exact) mass is 296 g/mol. The van der Waals surface area contributed by atoms with Crippen molar-refractivity contribution in [1.29, 1.82) is 0 Å². The van der Waals surface area contributed by atoms with Gasteiger partial charge in [0, 0.05) is 19.0 Å². The van der Waals surface area contributed by atoms with Gasteiger partial charge in [-0.15, -0.1) is 12.4 Å². The van der Waals surface area contributed by atoms with E-state index in [1.807, 2.05) is 17.0 Å². The molecule has 1 saturated heterocycles. The van der Waals surface area contributed by atoms with Gasteiger partial charge in [-0.1, -0.05) is 31.2 Å². The van der Waals surface area contributed by atoms with Gasteiger partial charge >= 0.3 is 0 Å². The Morgan fingerprint density at radius 3 is 2.55 bits per heavy atom. The number of carbonyl (C=O) groups is 1. The summed E-state index contributed by atoms with van der Waals surface area (Å²) >= 11 is 0. The number of amides is 1. The average molecular weight is 297 g/mol. The second-order valence-corrected chi connectivity index (χ2v) is 5.49. The number of benzene rings is 1. The number of rotatable bonds is 5. The Kier molecular flexibility index (Phi) is 6.50. The quantitative estimate of drug-likeness (QED) is 0.906. The molecule has 112 valence electrons. The van der Waals surface area contributed by atoms with E-state index < -0.39 is 0 Å². The number of carbonyl (C=O) groups excluding carboxylic acids is 1. The molecule has 4 heteroatoms. The highest BCUT2D eigenvalue weighted by Gasteiger charge is 2.31. The minimum Gasteiger partial charge on any atom is -0.338 e. The smallest absolute Gasteiger partial charge is 0.226 e. The van der Waals surface area contributed by atoms with E-state index in [0.717, 1.165) is 26.2 Å². The summed E-state index contributed by atoms with van der Waals surface area (Å²) in [5.41, 5.74) is 2.50. The Balaban J connectivity index is 0.00000200. The largest absolute Gasteiger partial charge is 0.338 e. The number of hydrogen-bond donors (Lipinski definition) is 1. The molecule has 1 aliphatic rings. The fourth-order valence-electron chi connectivity index (χ4n) is 2.49. The predicted molar refractivity (Wildman–Crippen MR) is 85.0 cm³/mol. The van der Waals surface area contributed by atoms with E-state index in [-0.39, 0.29) is 24.2 Å². The topological polar surface area (TPSA) is 32.3 Å². The van der Waals surface area contributed by atoms with Crippen molar-refractivity contribution in [3.63, 3.8) is 0 Å². The summed E-state index contributed by atoms with van der Waals surface area (Å²) < 4.78 is 0. The van der Waals surface area contributed by atoms with Crippen LogP contribution in [0, 0.1) is 18.8 Å². The Morgan fingerprint density at radius 1 is 1.40 bits per heavy atom. The summed E-state index contributed by atoms with van der Waals surface area (Å²) in [4.78, 5) is 14.5. The molecule has 0 radical (unpaired) electrons. The molecule has 0 spiro atoms. The van der Waals surface area contributed by atoms with Gasteiger partial charge in [0.15, 0.2) is 0 Å². The average Bonchev–Trinajstić information content (AvgIpc) is 2.35. The van der Waals surface area contributed by atoms with E-state index in [4.69, 9.17) is 0 Å². The van der Waals surface area contributed by atoms with E-state index in [0.29, 0.717) is 5.92 Å². The van der Waals surface area contributed by atoms with Crippen LogP contribution in [0.3, 0.4) is 0 Å². The molecule has 1 atom stereocenters. The molecule has 0 aliphatic carbocycles. The number of hydrogen-bond acceptors (Lipinski definition) is 2. The minimum atomic E-state index is 0. The van der Waals surface area contributed by atoms with Crippen molar-refractivity contribution in [3.05, 3.63) is 35.4 Å². The van der Waals surface area contributed by atoms with E-state index in [1.165, 1.54) is 11.1 Å². The maximum Gasteiger partial charge on any atom is 0.226 e. The van der Waals surface area contributed by atoms with Gasteiger partial charge in [-0.05, 0) is 44.0 Å². The highest BCUT2D eigenvalue weighted by molar-refractivity contribution is 5.85. The van der Waals surface area contributed by atoms with Crippen LogP contribution in [-0.4, -0.2) is 30.4 Å². The second-order valence-electron chi connectivity index (χ2n) is 5.49. The maximum atomic E-state index is 12.5. The summed E-state index contributed by atoms with van der Waals surface area (Å²) in [5.74, 6) is 0.931. The van der Waals surface area contributed by atoms with Crippen molar-refractivity contribution in [2.75, 3.05) is 19.6 Å². The first-order valence-corrected chi connectivity index (χ1v) is 7.17. The number of halogens is 1. The molecule has 3 nitrogen and oxygen atoms in total. The first kappa shape index (κ1) is 17.0. The summed E-state index contributed by atoms with van der Waals surface area (Å²) in [6.45, 7) is 9.69. The van der Waals surface area contributed by atoms with E-state index in [1.54, 1.807) is 0 Å². The number of nitrogens with zero attached hydrogens (tertiary/aromatic N) is 1. The third-order valence-electron chi connectivity index (χ3n) is 4.23. The molecule has 1 amide bonds. The van der Waals surface area contributed by atoms with Crippen molar-refractivity contribution in [2.24, 2.45) is 11.8 Å². The van der Waals surface area contributed by atoms with E-state index in [2.05, 4.69) is 38.2 Å². The number of nitrogens with one attached hydrogen (secondary N) is 1. The lowest BCUT2D eigenvalue weighted by molar-refractivity contribution is -0.137. The van der Waals surface area contributed by atoms with Crippen LogP contribution in [0.4, 0.5) is 0 Å². The molecular weight excluding hydrogens is 272 g/mol. The van der Waals surface area contributed by atoms with Gasteiger partial charge in [0.25, 0.3) is 0 Å². The molecular formula is C16H25ClN2O. The first-order chi connectivity index (χ1) is 9.13. The van der Waals surface area contributed by atoms with Crippen LogP contribution in [0.5, 0.6) is 0 Å². The summed E-state index contributed by atoms with van der Waals surface area (Å²) in [6.07, 6.45) is 0. The maximum absolute atomic E-state index is 12.5. The Morgan fingerprint density at radius 2 is 2.05 bits per heavy atom. The van der Waals surface area contributed by atoms with E-state index in [9.17, 15) is 4.79 Å². The van der Waals surface area contributed by atoms with Crippen molar-refractivity contribution in [1.82, 2.24) is 10.2 Å². The summed E-state index contributed by atoms with van der Waals surface area (Å²) in [5, 5.41) is 3.24. The molecule has 0 saturated carbocycles. The third-order valence-corrected chi connectivity index (χ3v) is 4.23. The molecule has 1 aliphatic heterocycles. The van der Waals surface area contributed by atoms with Crippen LogP contribution in [0.15, 0.2) is 24.3 Å². The molecule has 1 fully saturated rings. The van der Waals surface area contributed by atoms with Gasteiger partial charge in [0.2, 0.25) is 5.91 Å². The zero-order valence-electron chi connectivity index (χ0n) is 12.6. The second kappa shape index (κ2) is 7.65. The fourth-order valence-corrected chi connectivity index (χ4v) is 2.49. The zero-order valence-corrected chi connectivity index (χ0v) is 13.4. The minimum absolute atomic E-state index is 0. The Hall–Kier alpha value is -1.06. The predicted octanol–water partition coefficient (Wildman–Crippen LogP) is 2.62. The molecule has 0 bridgehead atoms. The van der Waals surface area contributed by atoms with Crippen LogP contribution in [0.25, 0.3) is 0 Å². The van der Waals surface area contributed by atoms with Gasteiger partial charge < -0.3 is 10.2 Å². The van der Waals surface area contributed by atoms with Gasteiger partial charge in [0.1, 0.15) is 0 Å². The van der Waals surface area contributed by atoms with Crippen molar-refractivity contribution in [2.45, 2.75) is 27.3 Å². The zero-order chi connectivity index (χ0) is 13.8. The normalized spacial score (nSPS) is 15.9. The standard InChI is InChI=1S/C16H24N2O.ClH/c1-4-18(11-14-8-6-5-7-12(14)2)16(19)13(3)15-9-17-10-15;/h5-8,13,15,17H,4,9-11H2,1-3H3;1H. The summed E-state index contributed by atoms with van der Waals surface area (Å²) in [7, 11) is 0. The molecule has 0 aromatic heterocycles. The lowest BCUT2D eigenvalue weighted by Gasteiger charge is -2.35. The molecule has 20 heavy (non-hydrogen) atoms. The fraction of sp³-hybridized carbons (Fsp3) is 0.562. The van der Waals surface area contributed by atoms with Crippen LogP contribution in [-0.2, 0) is 11.3 Å². The summed E-state index contributed by atoms with van der Waals surface area (Å²) in [6, 6.07) is 8.30. The molecule has 1 heterocycles. The van der Waals surface area contributed by atoms with E-state index >= 15 is 0 Å². The Bertz CT molecular complexity index is 446. The molecule has 1 aromatic carbocycles. The van der Waals surface area contributed by atoms with Crippen LogP contribution >= 0.6 is 12.4 Å². The molecule has 1 unspecified atom stereocenters. The lowest BCUT2D eigenvalue weighted by atomic mass is 9.88. The SMILES string of the molecule is CCN(Cc1ccccc1C)C(=O)C(C)C1CNC1.Cl.